The monoisotopic (exact) mass is 534 g/mol. The maximum absolute atomic E-state index is 12.9. The summed E-state index contributed by atoms with van der Waals surface area (Å²) in [5.74, 6) is -1.19. The number of nitrogens with one attached hydrogen (secondary N) is 1. The number of carbonyl (C=O) groups is 3. The number of thioether (sulfide) groups is 2. The van der Waals surface area contributed by atoms with E-state index in [1.165, 1.54) is 28.4 Å². The van der Waals surface area contributed by atoms with Crippen LogP contribution in [0.3, 0.4) is 0 Å². The fraction of sp³-hybridized carbons (Fsp3) is 0.185. The molecule has 0 aliphatic carbocycles. The molecule has 1 fully saturated rings. The van der Waals surface area contributed by atoms with E-state index in [1.807, 2.05) is 42.5 Å². The number of aromatic hydroxyl groups is 1. The third-order valence-electron chi connectivity index (χ3n) is 6.09. The van der Waals surface area contributed by atoms with E-state index in [0.717, 1.165) is 15.7 Å². The number of aliphatic carboxylic acids is 1. The van der Waals surface area contributed by atoms with Crippen molar-refractivity contribution in [1.82, 2.24) is 10.2 Å². The van der Waals surface area contributed by atoms with Crippen molar-refractivity contribution in [2.45, 2.75) is 22.9 Å². The molecule has 3 heterocycles. The van der Waals surface area contributed by atoms with E-state index in [9.17, 15) is 24.6 Å². The van der Waals surface area contributed by atoms with Crippen LogP contribution in [-0.4, -0.2) is 55.8 Å². The van der Waals surface area contributed by atoms with E-state index < -0.39 is 23.3 Å². The fourth-order valence-corrected chi connectivity index (χ4v) is 6.40. The van der Waals surface area contributed by atoms with E-state index in [1.54, 1.807) is 41.2 Å². The van der Waals surface area contributed by atoms with Crippen LogP contribution in [0.25, 0.3) is 10.8 Å². The molecule has 1 aromatic heterocycles. The van der Waals surface area contributed by atoms with Gasteiger partial charge in [0.2, 0.25) is 12.1 Å². The van der Waals surface area contributed by atoms with Crippen molar-refractivity contribution in [1.29, 1.82) is 0 Å². The molecule has 5 rings (SSSR count). The molecular weight excluding hydrogens is 510 g/mol. The first-order valence-corrected chi connectivity index (χ1v) is 13.6. The van der Waals surface area contributed by atoms with Gasteiger partial charge in [-0.25, -0.2) is 4.79 Å². The standard InChI is InChI=1S/C27H23N3O5S2/c31-20-8-4-12-29(14-20)11-3-7-19-15-37-26-23(25(33)30(26)24(19)27(34)35)28-22(32)16-36-21-10-9-17-5-1-2-6-18(17)13-21/h1-10,12-14,23,26H,11,15-16H2,(H2-,28,31,32,34,35)/p+1/b7-3+/t23-,26-/m1/s1. The highest BCUT2D eigenvalue weighted by atomic mass is 32.2. The van der Waals surface area contributed by atoms with Gasteiger partial charge in [0.25, 0.3) is 5.91 Å². The number of nitrogens with zero attached hydrogens (tertiary/aromatic N) is 2. The second kappa shape index (κ2) is 10.7. The Bertz CT molecular complexity index is 1450. The van der Waals surface area contributed by atoms with Gasteiger partial charge in [-0.15, -0.1) is 23.5 Å². The highest BCUT2D eigenvalue weighted by Gasteiger charge is 2.53. The Morgan fingerprint density at radius 1 is 1.16 bits per heavy atom. The van der Waals surface area contributed by atoms with Gasteiger partial charge in [-0.05, 0) is 40.6 Å². The number of aromatic nitrogens is 1. The zero-order valence-electron chi connectivity index (χ0n) is 19.6. The zero-order valence-corrected chi connectivity index (χ0v) is 21.2. The number of pyridine rings is 1. The number of hydrogen-bond acceptors (Lipinski definition) is 6. The summed E-state index contributed by atoms with van der Waals surface area (Å²) >= 11 is 2.82. The van der Waals surface area contributed by atoms with E-state index in [2.05, 4.69) is 5.32 Å². The topological polar surface area (TPSA) is 111 Å². The van der Waals surface area contributed by atoms with Gasteiger partial charge in [0.05, 0.1) is 5.75 Å². The molecule has 3 N–H and O–H groups in total. The first-order valence-electron chi connectivity index (χ1n) is 11.6. The van der Waals surface area contributed by atoms with Crippen molar-refractivity contribution in [2.75, 3.05) is 11.5 Å². The number of fused-ring (bicyclic) bond motifs is 2. The molecule has 2 atom stereocenters. The number of carboxylic acid groups (broad SMARTS) is 1. The summed E-state index contributed by atoms with van der Waals surface area (Å²) in [6.07, 6.45) is 6.83. The molecule has 0 radical (unpaired) electrons. The number of amides is 2. The molecule has 0 unspecified atom stereocenters. The Morgan fingerprint density at radius 2 is 1.97 bits per heavy atom. The van der Waals surface area contributed by atoms with Crippen LogP contribution in [0.5, 0.6) is 5.75 Å². The van der Waals surface area contributed by atoms with Gasteiger partial charge < -0.3 is 15.5 Å². The molecule has 2 aliphatic rings. The van der Waals surface area contributed by atoms with Crippen LogP contribution in [-0.2, 0) is 20.9 Å². The second-order valence-corrected chi connectivity index (χ2v) is 10.7. The molecule has 2 aromatic carbocycles. The average molecular weight is 535 g/mol. The molecule has 2 aliphatic heterocycles. The van der Waals surface area contributed by atoms with Gasteiger partial charge in [-0.1, -0.05) is 36.4 Å². The van der Waals surface area contributed by atoms with Gasteiger partial charge >= 0.3 is 5.97 Å². The third kappa shape index (κ3) is 5.35. The maximum Gasteiger partial charge on any atom is 0.352 e. The lowest BCUT2D eigenvalue weighted by Crippen LogP contribution is -2.70. The minimum atomic E-state index is -1.18. The molecule has 37 heavy (non-hydrogen) atoms. The van der Waals surface area contributed by atoms with Gasteiger partial charge in [0.1, 0.15) is 17.1 Å². The van der Waals surface area contributed by atoms with Crippen molar-refractivity contribution in [3.8, 4) is 5.75 Å². The van der Waals surface area contributed by atoms with E-state index in [0.29, 0.717) is 17.9 Å². The lowest BCUT2D eigenvalue weighted by Gasteiger charge is -2.49. The summed E-state index contributed by atoms with van der Waals surface area (Å²) in [6, 6.07) is 16.5. The molecule has 188 valence electrons. The number of β-lactam (4-membered cyclic amide) rings is 1. The van der Waals surface area contributed by atoms with Crippen molar-refractivity contribution in [3.63, 3.8) is 0 Å². The van der Waals surface area contributed by atoms with Crippen LogP contribution in [0.15, 0.2) is 95.3 Å². The SMILES string of the molecule is O=C(CSc1ccc2ccccc2c1)N[C@@H]1C(=O)N2C(C(=O)O)=C(/C=C/C[n+]3cccc(O)c3)CS[C@H]12. The smallest absolute Gasteiger partial charge is 0.352 e. The Balaban J connectivity index is 1.21. The van der Waals surface area contributed by atoms with Gasteiger partial charge in [-0.3, -0.25) is 14.5 Å². The number of allylic oxidation sites excluding steroid dienone is 2. The molecule has 8 nitrogen and oxygen atoms in total. The minimum Gasteiger partial charge on any atom is -0.503 e. The quantitative estimate of drug-likeness (QED) is 0.232. The van der Waals surface area contributed by atoms with Gasteiger partial charge in [0.15, 0.2) is 18.5 Å². The largest absolute Gasteiger partial charge is 0.503 e. The summed E-state index contributed by atoms with van der Waals surface area (Å²) < 4.78 is 1.75. The van der Waals surface area contributed by atoms with Crippen LogP contribution in [0, 0.1) is 0 Å². The van der Waals surface area contributed by atoms with E-state index >= 15 is 0 Å². The highest BCUT2D eigenvalue weighted by Crippen LogP contribution is 2.40. The molecule has 0 spiro atoms. The second-order valence-electron chi connectivity index (χ2n) is 8.59. The van der Waals surface area contributed by atoms with Crippen LogP contribution in [0.1, 0.15) is 0 Å². The molecule has 3 aromatic rings. The van der Waals surface area contributed by atoms with E-state index in [4.69, 9.17) is 0 Å². The maximum atomic E-state index is 12.9. The summed E-state index contributed by atoms with van der Waals surface area (Å²) in [4.78, 5) is 39.8. The lowest BCUT2D eigenvalue weighted by molar-refractivity contribution is -0.687. The molecule has 0 bridgehead atoms. The predicted molar refractivity (Wildman–Crippen MR) is 142 cm³/mol. The predicted octanol–water partition coefficient (Wildman–Crippen LogP) is 2.92. The molecule has 1 saturated heterocycles. The highest BCUT2D eigenvalue weighted by molar-refractivity contribution is 8.00. The first-order chi connectivity index (χ1) is 17.9. The van der Waals surface area contributed by atoms with E-state index in [-0.39, 0.29) is 23.1 Å². The summed E-state index contributed by atoms with van der Waals surface area (Å²) in [7, 11) is 0. The molecule has 2 amide bonds. The Morgan fingerprint density at radius 3 is 2.76 bits per heavy atom. The Kier molecular flexibility index (Phi) is 7.20. The van der Waals surface area contributed by atoms with Crippen LogP contribution in [0.4, 0.5) is 0 Å². The normalized spacial score (nSPS) is 19.1. The van der Waals surface area contributed by atoms with Crippen molar-refractivity contribution < 1.29 is 29.2 Å². The van der Waals surface area contributed by atoms with Crippen LogP contribution in [0.2, 0.25) is 0 Å². The van der Waals surface area contributed by atoms with Crippen molar-refractivity contribution >= 4 is 52.1 Å². The summed E-state index contributed by atoms with van der Waals surface area (Å²) in [5.41, 5.74) is 0.474. The van der Waals surface area contributed by atoms with Crippen LogP contribution >= 0.6 is 23.5 Å². The fourth-order valence-electron chi connectivity index (χ4n) is 4.33. The Labute approximate surface area is 221 Å². The lowest BCUT2D eigenvalue weighted by atomic mass is 10.0. The Hall–Kier alpha value is -3.76. The number of carbonyl (C=O) groups excluding carboxylic acids is 2. The van der Waals surface area contributed by atoms with Gasteiger partial charge in [-0.2, -0.15) is 4.57 Å². The number of rotatable bonds is 8. The van der Waals surface area contributed by atoms with Crippen LogP contribution < -0.4 is 9.88 Å². The van der Waals surface area contributed by atoms with Crippen molar-refractivity contribution in [2.24, 2.45) is 0 Å². The molecular formula is C27H24N3O5S2+. The minimum absolute atomic E-state index is 0.0538. The summed E-state index contributed by atoms with van der Waals surface area (Å²) in [6.45, 7) is 0.431. The average Bonchev–Trinajstić information content (AvgIpc) is 2.90. The molecule has 10 heteroatoms. The summed E-state index contributed by atoms with van der Waals surface area (Å²) in [5, 5.41) is 24.0. The number of benzene rings is 2. The first kappa shape index (κ1) is 24.9. The third-order valence-corrected chi connectivity index (χ3v) is 8.38. The molecule has 0 saturated carbocycles. The van der Waals surface area contributed by atoms with Gasteiger partial charge in [0, 0.05) is 16.7 Å². The number of hydrogen-bond donors (Lipinski definition) is 3. The van der Waals surface area contributed by atoms with Crippen molar-refractivity contribution in [3.05, 3.63) is 90.4 Å². The zero-order chi connectivity index (χ0) is 25.9. The number of carboxylic acids is 1.